The molecule has 8 nitrogen and oxygen atoms in total. The molecule has 2 aliphatic rings. The van der Waals surface area contributed by atoms with E-state index in [-0.39, 0.29) is 16.4 Å². The predicted octanol–water partition coefficient (Wildman–Crippen LogP) is 3.16. The number of benzene rings is 2. The molecule has 2 aliphatic heterocycles. The lowest BCUT2D eigenvalue weighted by Gasteiger charge is -2.25. The van der Waals surface area contributed by atoms with E-state index in [1.54, 1.807) is 34.9 Å². The van der Waals surface area contributed by atoms with E-state index in [4.69, 9.17) is 0 Å². The quantitative estimate of drug-likeness (QED) is 0.637. The summed E-state index contributed by atoms with van der Waals surface area (Å²) in [6.45, 7) is 1.77. The van der Waals surface area contributed by atoms with Crippen molar-refractivity contribution in [3.05, 3.63) is 64.2 Å². The standard InChI is InChI=1S/C24H26N4O4S/c29-23(17-7-12-20-21(16-17)26-22-6-2-5-15-28(22)24(20)30)25-18-8-10-19(11-9-18)33(31,32)27-13-3-1-4-14-27/h7-12,16H,1-6,13-15H2,(H,25,29). The molecule has 5 rings (SSSR count). The van der Waals surface area contributed by atoms with Crippen LogP contribution in [0.5, 0.6) is 0 Å². The number of nitrogens with zero attached hydrogens (tertiary/aromatic N) is 3. The Kier molecular flexibility index (Phi) is 5.76. The van der Waals surface area contributed by atoms with Crippen LogP contribution < -0.4 is 10.9 Å². The second kappa shape index (κ2) is 8.72. The van der Waals surface area contributed by atoms with Crippen LogP contribution in [-0.2, 0) is 23.0 Å². The molecule has 33 heavy (non-hydrogen) atoms. The number of amides is 1. The lowest BCUT2D eigenvalue weighted by molar-refractivity contribution is 0.102. The van der Waals surface area contributed by atoms with Gasteiger partial charge in [0.15, 0.2) is 0 Å². The van der Waals surface area contributed by atoms with Gasteiger partial charge in [-0.3, -0.25) is 14.2 Å². The minimum absolute atomic E-state index is 0.0628. The van der Waals surface area contributed by atoms with Crippen molar-refractivity contribution >= 4 is 32.5 Å². The van der Waals surface area contributed by atoms with E-state index < -0.39 is 10.0 Å². The number of carbonyl (C=O) groups is 1. The molecule has 1 N–H and O–H groups in total. The number of carbonyl (C=O) groups excluding carboxylic acids is 1. The van der Waals surface area contributed by atoms with Gasteiger partial charge >= 0.3 is 0 Å². The van der Waals surface area contributed by atoms with Crippen LogP contribution in [0.2, 0.25) is 0 Å². The Bertz CT molecular complexity index is 1370. The summed E-state index contributed by atoms with van der Waals surface area (Å²) in [6.07, 6.45) is 5.54. The fraction of sp³-hybridized carbons (Fsp3) is 0.375. The molecule has 0 spiro atoms. The number of rotatable bonds is 4. The van der Waals surface area contributed by atoms with Gasteiger partial charge in [-0.2, -0.15) is 4.31 Å². The van der Waals surface area contributed by atoms with E-state index >= 15 is 0 Å². The second-order valence-electron chi connectivity index (χ2n) is 8.62. The summed E-state index contributed by atoms with van der Waals surface area (Å²) in [5.74, 6) is 0.421. The predicted molar refractivity (Wildman–Crippen MR) is 126 cm³/mol. The monoisotopic (exact) mass is 466 g/mol. The highest BCUT2D eigenvalue weighted by atomic mass is 32.2. The summed E-state index contributed by atoms with van der Waals surface area (Å²) in [5.41, 5.74) is 1.34. The summed E-state index contributed by atoms with van der Waals surface area (Å²) in [4.78, 5) is 30.4. The average molecular weight is 467 g/mol. The van der Waals surface area contributed by atoms with Crippen molar-refractivity contribution in [2.75, 3.05) is 18.4 Å². The molecule has 172 valence electrons. The largest absolute Gasteiger partial charge is 0.322 e. The van der Waals surface area contributed by atoms with Crippen molar-refractivity contribution in [1.82, 2.24) is 13.9 Å². The lowest BCUT2D eigenvalue weighted by atomic mass is 10.1. The zero-order valence-corrected chi connectivity index (χ0v) is 19.1. The molecule has 0 saturated carbocycles. The number of fused-ring (bicyclic) bond motifs is 2. The van der Waals surface area contributed by atoms with Crippen LogP contribution >= 0.6 is 0 Å². The molecule has 0 radical (unpaired) electrons. The molecule has 1 aromatic heterocycles. The lowest BCUT2D eigenvalue weighted by Crippen LogP contribution is -2.35. The van der Waals surface area contributed by atoms with Gasteiger partial charge in [0.1, 0.15) is 5.82 Å². The first-order valence-electron chi connectivity index (χ1n) is 11.4. The maximum atomic E-state index is 12.8. The molecule has 0 unspecified atom stereocenters. The minimum atomic E-state index is -3.51. The fourth-order valence-corrected chi connectivity index (χ4v) is 6.07. The fourth-order valence-electron chi connectivity index (χ4n) is 4.55. The molecule has 3 aromatic rings. The van der Waals surface area contributed by atoms with Crippen LogP contribution in [0.4, 0.5) is 5.69 Å². The molecule has 1 fully saturated rings. The van der Waals surface area contributed by atoms with Gasteiger partial charge in [-0.15, -0.1) is 0 Å². The van der Waals surface area contributed by atoms with Crippen LogP contribution in [0.3, 0.4) is 0 Å². The third kappa shape index (κ3) is 4.18. The van der Waals surface area contributed by atoms with Gasteiger partial charge in [0, 0.05) is 37.3 Å². The zero-order chi connectivity index (χ0) is 23.0. The van der Waals surface area contributed by atoms with Crippen LogP contribution in [0.25, 0.3) is 10.9 Å². The molecule has 0 aliphatic carbocycles. The van der Waals surface area contributed by atoms with Crippen molar-refractivity contribution in [2.45, 2.75) is 50.0 Å². The highest BCUT2D eigenvalue weighted by Crippen LogP contribution is 2.23. The first-order chi connectivity index (χ1) is 15.9. The Labute approximate surface area is 192 Å². The number of anilines is 1. The number of sulfonamides is 1. The van der Waals surface area contributed by atoms with Crippen molar-refractivity contribution in [2.24, 2.45) is 0 Å². The van der Waals surface area contributed by atoms with Crippen LogP contribution in [0, 0.1) is 0 Å². The first-order valence-corrected chi connectivity index (χ1v) is 12.8. The maximum Gasteiger partial charge on any atom is 0.261 e. The van der Waals surface area contributed by atoms with E-state index in [1.807, 2.05) is 0 Å². The van der Waals surface area contributed by atoms with Gasteiger partial charge in [0.2, 0.25) is 10.0 Å². The molecule has 3 heterocycles. The molecular formula is C24H26N4O4S. The normalized spacial score (nSPS) is 17.0. The van der Waals surface area contributed by atoms with E-state index in [2.05, 4.69) is 10.3 Å². The van der Waals surface area contributed by atoms with Crippen LogP contribution in [0.1, 0.15) is 48.3 Å². The molecule has 0 atom stereocenters. The van der Waals surface area contributed by atoms with Crippen molar-refractivity contribution < 1.29 is 13.2 Å². The number of hydrogen-bond donors (Lipinski definition) is 1. The zero-order valence-electron chi connectivity index (χ0n) is 18.3. The highest BCUT2D eigenvalue weighted by molar-refractivity contribution is 7.89. The van der Waals surface area contributed by atoms with E-state index in [1.165, 1.54) is 16.4 Å². The summed E-state index contributed by atoms with van der Waals surface area (Å²) >= 11 is 0. The third-order valence-corrected chi connectivity index (χ3v) is 8.31. The minimum Gasteiger partial charge on any atom is -0.322 e. The van der Waals surface area contributed by atoms with Crippen molar-refractivity contribution in [1.29, 1.82) is 0 Å². The Hall–Kier alpha value is -3.04. The number of piperidine rings is 1. The second-order valence-corrected chi connectivity index (χ2v) is 10.6. The molecule has 1 amide bonds. The van der Waals surface area contributed by atoms with Crippen LogP contribution in [-0.4, -0.2) is 41.3 Å². The van der Waals surface area contributed by atoms with E-state index in [0.717, 1.165) is 44.3 Å². The Morgan fingerprint density at radius 3 is 2.39 bits per heavy atom. The molecule has 2 aromatic carbocycles. The highest BCUT2D eigenvalue weighted by Gasteiger charge is 2.25. The van der Waals surface area contributed by atoms with Gasteiger partial charge < -0.3 is 5.32 Å². The Morgan fingerprint density at radius 2 is 1.64 bits per heavy atom. The number of nitrogens with one attached hydrogen (secondary N) is 1. The SMILES string of the molecule is O=C(Nc1ccc(S(=O)(=O)N2CCCCC2)cc1)c1ccc2c(=O)n3c(nc2c1)CCCC3. The number of hydrogen-bond acceptors (Lipinski definition) is 5. The average Bonchev–Trinajstić information content (AvgIpc) is 2.85. The van der Waals surface area contributed by atoms with Gasteiger partial charge in [0.05, 0.1) is 15.8 Å². The van der Waals surface area contributed by atoms with Gasteiger partial charge in [-0.1, -0.05) is 6.42 Å². The topological polar surface area (TPSA) is 101 Å². The number of aromatic nitrogens is 2. The summed E-state index contributed by atoms with van der Waals surface area (Å²) in [7, 11) is -3.51. The molecule has 9 heteroatoms. The smallest absolute Gasteiger partial charge is 0.261 e. The number of aryl methyl sites for hydroxylation is 1. The van der Waals surface area contributed by atoms with E-state index in [9.17, 15) is 18.0 Å². The summed E-state index contributed by atoms with van der Waals surface area (Å²) in [5, 5.41) is 3.30. The maximum absolute atomic E-state index is 12.8. The van der Waals surface area contributed by atoms with Crippen LogP contribution in [0.15, 0.2) is 52.2 Å². The molecule has 0 bridgehead atoms. The molecular weight excluding hydrogens is 440 g/mol. The first kappa shape index (κ1) is 21.8. The van der Waals surface area contributed by atoms with Crippen molar-refractivity contribution in [3.63, 3.8) is 0 Å². The van der Waals surface area contributed by atoms with E-state index in [0.29, 0.717) is 41.8 Å². The van der Waals surface area contributed by atoms with Gasteiger partial charge in [-0.05, 0) is 68.1 Å². The summed E-state index contributed by atoms with van der Waals surface area (Å²) < 4.78 is 28.8. The van der Waals surface area contributed by atoms with Gasteiger partial charge in [0.25, 0.3) is 11.5 Å². The Balaban J connectivity index is 1.35. The Morgan fingerprint density at radius 1 is 0.909 bits per heavy atom. The van der Waals surface area contributed by atoms with Crippen molar-refractivity contribution in [3.8, 4) is 0 Å². The van der Waals surface area contributed by atoms with Gasteiger partial charge in [-0.25, -0.2) is 13.4 Å². The molecule has 1 saturated heterocycles. The third-order valence-electron chi connectivity index (χ3n) is 6.39. The summed E-state index contributed by atoms with van der Waals surface area (Å²) in [6, 6.07) is 11.1.